The molecule has 4 nitrogen and oxygen atoms in total. The summed E-state index contributed by atoms with van der Waals surface area (Å²) in [7, 11) is 0. The predicted molar refractivity (Wildman–Crippen MR) is 186 cm³/mol. The third-order valence-corrected chi connectivity index (χ3v) is 8.09. The Morgan fingerprint density at radius 1 is 0.558 bits per heavy atom. The first-order chi connectivity index (χ1) is 21.0. The van der Waals surface area contributed by atoms with Crippen LogP contribution in [-0.2, 0) is 4.79 Å². The van der Waals surface area contributed by atoms with Crippen molar-refractivity contribution >= 4 is 5.78 Å². The molecule has 0 amide bonds. The van der Waals surface area contributed by atoms with E-state index in [0.29, 0.717) is 0 Å². The average molecular weight is 601 g/mol. The summed E-state index contributed by atoms with van der Waals surface area (Å²) in [6.45, 7) is 3.81. The van der Waals surface area contributed by atoms with Crippen molar-refractivity contribution in [1.82, 2.24) is 0 Å². The van der Waals surface area contributed by atoms with E-state index < -0.39 is 24.1 Å². The van der Waals surface area contributed by atoms with Crippen LogP contribution in [0.5, 0.6) is 0 Å². The monoisotopic (exact) mass is 601 g/mol. The van der Waals surface area contributed by atoms with E-state index in [4.69, 9.17) is 0 Å². The van der Waals surface area contributed by atoms with Gasteiger partial charge in [0, 0.05) is 0 Å². The van der Waals surface area contributed by atoms with E-state index >= 15 is 0 Å². The van der Waals surface area contributed by atoms with Gasteiger partial charge in [0.15, 0.2) is 11.4 Å². The van der Waals surface area contributed by atoms with Crippen LogP contribution in [0.3, 0.4) is 0 Å². The fourth-order valence-corrected chi connectivity index (χ4v) is 5.13. The lowest BCUT2D eigenvalue weighted by Gasteiger charge is -2.26. The van der Waals surface area contributed by atoms with Crippen LogP contribution in [0, 0.1) is 0 Å². The van der Waals surface area contributed by atoms with Crippen molar-refractivity contribution < 1.29 is 20.1 Å². The van der Waals surface area contributed by atoms with Crippen molar-refractivity contribution in [1.29, 1.82) is 0 Å². The number of unbranched alkanes of at least 4 members (excludes halogenated alkanes) is 21. The normalized spacial score (nSPS) is 14.7. The van der Waals surface area contributed by atoms with Gasteiger partial charge in [-0.15, -0.1) is 0 Å². The Morgan fingerprint density at radius 3 is 1.37 bits per heavy atom. The zero-order chi connectivity index (χ0) is 31.7. The molecule has 0 aromatic heterocycles. The summed E-state index contributed by atoms with van der Waals surface area (Å²) < 4.78 is 0. The highest BCUT2D eigenvalue weighted by molar-refractivity contribution is 5.99. The molecule has 0 aliphatic rings. The van der Waals surface area contributed by atoms with E-state index in [1.807, 2.05) is 18.2 Å². The number of hydrogen-bond donors (Lipinski definition) is 3. The minimum atomic E-state index is -2.15. The molecule has 0 fully saturated rings. The first-order valence-electron chi connectivity index (χ1n) is 17.9. The van der Waals surface area contributed by atoms with Crippen LogP contribution >= 0.6 is 0 Å². The molecule has 0 aromatic carbocycles. The van der Waals surface area contributed by atoms with E-state index in [9.17, 15) is 20.1 Å². The lowest BCUT2D eigenvalue weighted by Crippen LogP contribution is -2.49. The first-order valence-corrected chi connectivity index (χ1v) is 17.9. The summed E-state index contributed by atoms with van der Waals surface area (Å²) >= 11 is 0. The molecule has 248 valence electrons. The number of carbonyl (C=O) groups excluding carboxylic acids is 1. The van der Waals surface area contributed by atoms with Crippen LogP contribution in [0.15, 0.2) is 60.8 Å². The minimum absolute atomic E-state index is 0.618. The van der Waals surface area contributed by atoms with E-state index in [1.54, 1.807) is 18.2 Å². The smallest absolute Gasteiger partial charge is 0.193 e. The molecule has 2 atom stereocenters. The zero-order valence-electron chi connectivity index (χ0n) is 28.1. The first kappa shape index (κ1) is 41.2. The van der Waals surface area contributed by atoms with Gasteiger partial charge in [-0.25, -0.2) is 0 Å². The van der Waals surface area contributed by atoms with Crippen molar-refractivity contribution in [2.24, 2.45) is 0 Å². The lowest BCUT2D eigenvalue weighted by molar-refractivity contribution is -0.140. The fraction of sp³-hybridized carbons (Fsp3) is 0.718. The Morgan fingerprint density at radius 2 is 0.930 bits per heavy atom. The number of aliphatic hydroxyl groups excluding tert-OH is 2. The molecular weight excluding hydrogens is 532 g/mol. The van der Waals surface area contributed by atoms with Crippen LogP contribution in [0.4, 0.5) is 0 Å². The topological polar surface area (TPSA) is 77.8 Å². The van der Waals surface area contributed by atoms with Crippen molar-refractivity contribution in [2.45, 2.75) is 173 Å². The second kappa shape index (κ2) is 31.7. The molecule has 0 radical (unpaired) electrons. The Bertz CT molecular complexity index is 763. The Kier molecular flexibility index (Phi) is 30.4. The summed E-state index contributed by atoms with van der Waals surface area (Å²) in [6, 6.07) is 0. The van der Waals surface area contributed by atoms with Gasteiger partial charge in [-0.3, -0.25) is 4.79 Å². The third kappa shape index (κ3) is 25.3. The average Bonchev–Trinajstić information content (AvgIpc) is 3.01. The number of aliphatic hydroxyl groups is 3. The fourth-order valence-electron chi connectivity index (χ4n) is 5.13. The van der Waals surface area contributed by atoms with Crippen molar-refractivity contribution in [3.8, 4) is 0 Å². The molecule has 0 saturated carbocycles. The largest absolute Gasteiger partial charge is 0.394 e. The second-order valence-electron chi connectivity index (χ2n) is 12.1. The molecule has 43 heavy (non-hydrogen) atoms. The second-order valence-corrected chi connectivity index (χ2v) is 12.1. The summed E-state index contributed by atoms with van der Waals surface area (Å²) in [5, 5.41) is 30.4. The Balaban J connectivity index is 4.19. The molecule has 1 unspecified atom stereocenters. The summed E-state index contributed by atoms with van der Waals surface area (Å²) in [6.07, 6.45) is 45.2. The molecule has 0 aromatic rings. The molecular formula is C39H68O4. The number of carbonyl (C=O) groups is 1. The highest BCUT2D eigenvalue weighted by Gasteiger charge is 2.38. The standard InChI is InChI=1S/C39H68O4/c1-3-5-7-9-11-13-15-17-18-19-20-21-23-25-27-29-31-33-35-39(43,38(42)36-40)37(41)34-32-30-28-26-24-22-16-14-12-10-8-6-4-2/h21,23,25,27,29,31-35,38,40,42-43H,3-20,22,24,26,28,30,36H2,1-2H3/t38-,39?/m0/s1. The van der Waals surface area contributed by atoms with Crippen molar-refractivity contribution in [3.05, 3.63) is 60.8 Å². The lowest BCUT2D eigenvalue weighted by atomic mass is 9.90. The van der Waals surface area contributed by atoms with Gasteiger partial charge in [0.1, 0.15) is 6.10 Å². The Labute approximate surface area is 266 Å². The van der Waals surface area contributed by atoms with E-state index in [2.05, 4.69) is 19.9 Å². The number of ketones is 1. The van der Waals surface area contributed by atoms with Gasteiger partial charge in [0.2, 0.25) is 0 Å². The van der Waals surface area contributed by atoms with Crippen LogP contribution in [0.2, 0.25) is 0 Å². The molecule has 0 heterocycles. The molecule has 0 aliphatic carbocycles. The Hall–Kier alpha value is -1.75. The zero-order valence-corrected chi connectivity index (χ0v) is 28.1. The molecule has 0 bridgehead atoms. The molecule has 0 saturated heterocycles. The van der Waals surface area contributed by atoms with E-state index in [1.165, 1.54) is 140 Å². The van der Waals surface area contributed by atoms with E-state index in [0.717, 1.165) is 25.7 Å². The van der Waals surface area contributed by atoms with Gasteiger partial charge in [-0.05, 0) is 37.8 Å². The molecule has 3 N–H and O–H groups in total. The molecule has 0 spiro atoms. The van der Waals surface area contributed by atoms with Gasteiger partial charge < -0.3 is 15.3 Å². The summed E-state index contributed by atoms with van der Waals surface area (Å²) in [5.74, 6) is -0.618. The van der Waals surface area contributed by atoms with Gasteiger partial charge in [0.25, 0.3) is 0 Å². The highest BCUT2D eigenvalue weighted by Crippen LogP contribution is 2.17. The van der Waals surface area contributed by atoms with E-state index in [-0.39, 0.29) is 0 Å². The number of rotatable bonds is 31. The third-order valence-electron chi connectivity index (χ3n) is 8.09. The SMILES string of the molecule is CCCCCCCCCCCCC=CC=CC=CC=CC(O)(C(=O)C=CCCCCCCCCCCCCC)[C@@H](O)CO. The van der Waals surface area contributed by atoms with Gasteiger partial charge >= 0.3 is 0 Å². The van der Waals surface area contributed by atoms with Crippen molar-refractivity contribution in [3.63, 3.8) is 0 Å². The van der Waals surface area contributed by atoms with Crippen LogP contribution in [-0.4, -0.2) is 39.4 Å². The van der Waals surface area contributed by atoms with Crippen LogP contribution in [0.25, 0.3) is 0 Å². The highest BCUT2D eigenvalue weighted by atomic mass is 16.4. The molecule has 4 heteroatoms. The van der Waals surface area contributed by atoms with Gasteiger partial charge in [-0.2, -0.15) is 0 Å². The van der Waals surface area contributed by atoms with Crippen molar-refractivity contribution in [2.75, 3.05) is 6.61 Å². The minimum Gasteiger partial charge on any atom is -0.394 e. The van der Waals surface area contributed by atoms with Crippen LogP contribution < -0.4 is 0 Å². The quantitative estimate of drug-likeness (QED) is 0.0420. The van der Waals surface area contributed by atoms with Gasteiger partial charge in [0.05, 0.1) is 6.61 Å². The maximum Gasteiger partial charge on any atom is 0.193 e. The predicted octanol–water partition coefficient (Wildman–Crippen LogP) is 10.4. The summed E-state index contributed by atoms with van der Waals surface area (Å²) in [5.41, 5.74) is -2.15. The van der Waals surface area contributed by atoms with Crippen LogP contribution in [0.1, 0.15) is 162 Å². The van der Waals surface area contributed by atoms with Gasteiger partial charge in [-0.1, -0.05) is 184 Å². The number of hydrogen-bond acceptors (Lipinski definition) is 4. The maximum absolute atomic E-state index is 12.7. The number of allylic oxidation sites excluding steroid dienone is 8. The molecule has 0 aliphatic heterocycles. The maximum atomic E-state index is 12.7. The summed E-state index contributed by atoms with van der Waals surface area (Å²) in [4.78, 5) is 12.7. The molecule has 0 rings (SSSR count).